The van der Waals surface area contributed by atoms with E-state index in [1.807, 2.05) is 5.32 Å². The summed E-state index contributed by atoms with van der Waals surface area (Å²) in [6.45, 7) is -0.585. The number of urea groups is 1. The van der Waals surface area contributed by atoms with E-state index < -0.39 is 30.3 Å². The van der Waals surface area contributed by atoms with Gasteiger partial charge in [-0.25, -0.2) is 14.0 Å². The third kappa shape index (κ3) is 5.20. The quantitative estimate of drug-likeness (QED) is 0.753. The van der Waals surface area contributed by atoms with Crippen molar-refractivity contribution in [3.8, 4) is 0 Å². The fourth-order valence-corrected chi connectivity index (χ4v) is 2.06. The molecule has 24 heavy (non-hydrogen) atoms. The van der Waals surface area contributed by atoms with Crippen LogP contribution >= 0.6 is 15.9 Å². The van der Waals surface area contributed by atoms with Crippen LogP contribution in [0.25, 0.3) is 0 Å². The molecule has 0 bridgehead atoms. The van der Waals surface area contributed by atoms with Crippen LogP contribution in [0.15, 0.2) is 45.5 Å². The van der Waals surface area contributed by atoms with E-state index in [1.54, 1.807) is 12.1 Å². The summed E-state index contributed by atoms with van der Waals surface area (Å²) in [7, 11) is 0. The van der Waals surface area contributed by atoms with Gasteiger partial charge in [0, 0.05) is 4.47 Å². The average molecular weight is 399 g/mol. The van der Waals surface area contributed by atoms with Gasteiger partial charge in [-0.1, -0.05) is 0 Å². The first-order chi connectivity index (χ1) is 11.5. The van der Waals surface area contributed by atoms with Crippen molar-refractivity contribution in [2.24, 2.45) is 0 Å². The Morgan fingerprint density at radius 2 is 2.04 bits per heavy atom. The van der Waals surface area contributed by atoms with Crippen LogP contribution in [0.3, 0.4) is 0 Å². The maximum Gasteiger partial charge on any atom is 0.339 e. The van der Waals surface area contributed by atoms with E-state index in [1.165, 1.54) is 12.3 Å². The minimum Gasteiger partial charge on any atom is -0.467 e. The van der Waals surface area contributed by atoms with Gasteiger partial charge in [0.15, 0.2) is 6.61 Å². The lowest BCUT2D eigenvalue weighted by Gasteiger charge is -2.07. The summed E-state index contributed by atoms with van der Waals surface area (Å²) in [5.74, 6) is -1.83. The van der Waals surface area contributed by atoms with E-state index in [2.05, 4.69) is 21.2 Å². The highest BCUT2D eigenvalue weighted by Crippen LogP contribution is 2.18. The maximum absolute atomic E-state index is 13.1. The van der Waals surface area contributed by atoms with Gasteiger partial charge in [0.25, 0.3) is 5.91 Å². The number of imide groups is 1. The number of hydrogen-bond donors (Lipinski definition) is 2. The van der Waals surface area contributed by atoms with Crippen LogP contribution in [0.5, 0.6) is 0 Å². The van der Waals surface area contributed by atoms with Crippen LogP contribution in [0.1, 0.15) is 16.1 Å². The third-order valence-corrected chi connectivity index (χ3v) is 3.43. The number of furan rings is 1. The first-order valence-corrected chi connectivity index (χ1v) is 7.47. The SMILES string of the molecule is O=C(COC(=O)c1cc(F)ccc1Br)NC(=O)NCc1ccco1. The molecule has 1 aromatic carbocycles. The Morgan fingerprint density at radius 1 is 1.25 bits per heavy atom. The Labute approximate surface area is 144 Å². The van der Waals surface area contributed by atoms with Crippen molar-refractivity contribution in [1.29, 1.82) is 0 Å². The Hall–Kier alpha value is -2.68. The molecule has 1 heterocycles. The number of benzene rings is 1. The molecule has 0 saturated heterocycles. The summed E-state index contributed by atoms with van der Waals surface area (Å²) in [4.78, 5) is 34.8. The lowest BCUT2D eigenvalue weighted by molar-refractivity contribution is -0.123. The molecule has 0 saturated carbocycles. The number of ether oxygens (including phenoxy) is 1. The molecule has 0 aliphatic carbocycles. The topological polar surface area (TPSA) is 97.6 Å². The molecule has 9 heteroatoms. The predicted octanol–water partition coefficient (Wildman–Crippen LogP) is 2.36. The van der Waals surface area contributed by atoms with Crippen molar-refractivity contribution >= 4 is 33.8 Å². The van der Waals surface area contributed by atoms with Crippen molar-refractivity contribution in [1.82, 2.24) is 10.6 Å². The molecular formula is C15H12BrFN2O5. The fourth-order valence-electron chi connectivity index (χ4n) is 1.65. The standard InChI is InChI=1S/C15H12BrFN2O5/c16-12-4-3-9(17)6-11(12)14(21)24-8-13(20)19-15(22)18-7-10-2-1-5-23-10/h1-6H,7-8H2,(H2,18,19,20,22). The van der Waals surface area contributed by atoms with Gasteiger partial charge in [-0.15, -0.1) is 0 Å². The minimum atomic E-state index is -0.896. The van der Waals surface area contributed by atoms with Gasteiger partial charge in [0.05, 0.1) is 18.4 Å². The molecule has 2 aromatic rings. The summed E-state index contributed by atoms with van der Waals surface area (Å²) in [6, 6.07) is 6.02. The molecule has 0 fully saturated rings. The summed E-state index contributed by atoms with van der Waals surface area (Å²) < 4.78 is 23.2. The zero-order chi connectivity index (χ0) is 17.5. The van der Waals surface area contributed by atoms with Gasteiger partial charge >= 0.3 is 12.0 Å². The minimum absolute atomic E-state index is 0.0647. The van der Waals surface area contributed by atoms with E-state index in [4.69, 9.17) is 9.15 Å². The van der Waals surface area contributed by atoms with E-state index in [0.29, 0.717) is 10.2 Å². The molecule has 0 spiro atoms. The zero-order valence-corrected chi connectivity index (χ0v) is 13.8. The molecule has 126 valence electrons. The van der Waals surface area contributed by atoms with Crippen molar-refractivity contribution in [2.75, 3.05) is 6.61 Å². The molecule has 7 nitrogen and oxygen atoms in total. The Morgan fingerprint density at radius 3 is 2.75 bits per heavy atom. The number of nitrogens with one attached hydrogen (secondary N) is 2. The molecule has 0 radical (unpaired) electrons. The van der Waals surface area contributed by atoms with Crippen LogP contribution in [0.2, 0.25) is 0 Å². The number of carbonyl (C=O) groups is 3. The van der Waals surface area contributed by atoms with Crippen LogP contribution in [0, 0.1) is 5.82 Å². The molecule has 2 N–H and O–H groups in total. The third-order valence-electron chi connectivity index (χ3n) is 2.74. The number of hydrogen-bond acceptors (Lipinski definition) is 5. The lowest BCUT2D eigenvalue weighted by Crippen LogP contribution is -2.41. The average Bonchev–Trinajstić information content (AvgIpc) is 3.06. The van der Waals surface area contributed by atoms with E-state index in [9.17, 15) is 18.8 Å². The van der Waals surface area contributed by atoms with Gasteiger partial charge in [-0.2, -0.15) is 0 Å². The number of rotatable bonds is 5. The van der Waals surface area contributed by atoms with Crippen LogP contribution in [-0.4, -0.2) is 24.5 Å². The molecule has 1 aromatic heterocycles. The van der Waals surface area contributed by atoms with Gasteiger partial charge in [0.1, 0.15) is 11.6 Å². The second-order valence-electron chi connectivity index (χ2n) is 4.51. The molecular weight excluding hydrogens is 387 g/mol. The van der Waals surface area contributed by atoms with Crippen LogP contribution in [0.4, 0.5) is 9.18 Å². The van der Waals surface area contributed by atoms with Crippen LogP contribution < -0.4 is 10.6 Å². The summed E-state index contributed by atoms with van der Waals surface area (Å²) in [6.07, 6.45) is 1.45. The van der Waals surface area contributed by atoms with Crippen molar-refractivity contribution in [3.05, 3.63) is 58.2 Å². The van der Waals surface area contributed by atoms with Crippen molar-refractivity contribution in [2.45, 2.75) is 6.54 Å². The molecule has 0 atom stereocenters. The second kappa shape index (κ2) is 8.25. The van der Waals surface area contributed by atoms with Crippen molar-refractivity contribution in [3.63, 3.8) is 0 Å². The lowest BCUT2D eigenvalue weighted by atomic mass is 10.2. The fraction of sp³-hybridized carbons (Fsp3) is 0.133. The number of carbonyl (C=O) groups excluding carboxylic acids is 3. The molecule has 0 aliphatic rings. The molecule has 0 unspecified atom stereocenters. The second-order valence-corrected chi connectivity index (χ2v) is 5.36. The van der Waals surface area contributed by atoms with E-state index >= 15 is 0 Å². The Balaban J connectivity index is 1.77. The largest absolute Gasteiger partial charge is 0.467 e. The predicted molar refractivity (Wildman–Crippen MR) is 83.5 cm³/mol. The normalized spacial score (nSPS) is 10.1. The van der Waals surface area contributed by atoms with Crippen molar-refractivity contribution < 1.29 is 27.9 Å². The Kier molecular flexibility index (Phi) is 6.07. The first kappa shape index (κ1) is 17.7. The molecule has 3 amide bonds. The summed E-state index contributed by atoms with van der Waals surface area (Å²) in [5.41, 5.74) is -0.0647. The van der Waals surface area contributed by atoms with Gasteiger partial charge in [-0.05, 0) is 46.3 Å². The highest BCUT2D eigenvalue weighted by atomic mass is 79.9. The maximum atomic E-state index is 13.1. The number of halogens is 2. The van der Waals surface area contributed by atoms with Gasteiger partial charge in [0.2, 0.25) is 0 Å². The molecule has 0 aliphatic heterocycles. The Bertz CT molecular complexity index is 748. The molecule has 2 rings (SSSR count). The zero-order valence-electron chi connectivity index (χ0n) is 12.2. The first-order valence-electron chi connectivity index (χ1n) is 6.68. The van der Waals surface area contributed by atoms with Gasteiger partial charge in [-0.3, -0.25) is 10.1 Å². The van der Waals surface area contributed by atoms with Gasteiger partial charge < -0.3 is 14.5 Å². The highest BCUT2D eigenvalue weighted by molar-refractivity contribution is 9.10. The summed E-state index contributed by atoms with van der Waals surface area (Å²) >= 11 is 3.08. The van der Waals surface area contributed by atoms with E-state index in [0.717, 1.165) is 12.1 Å². The monoisotopic (exact) mass is 398 g/mol. The number of esters is 1. The van der Waals surface area contributed by atoms with Crippen LogP contribution in [-0.2, 0) is 16.1 Å². The number of amides is 3. The smallest absolute Gasteiger partial charge is 0.339 e. The van der Waals surface area contributed by atoms with E-state index in [-0.39, 0.29) is 12.1 Å². The highest BCUT2D eigenvalue weighted by Gasteiger charge is 2.15. The summed E-state index contributed by atoms with van der Waals surface area (Å²) in [5, 5.41) is 4.37.